The molecule has 0 radical (unpaired) electrons. The van der Waals surface area contributed by atoms with Gasteiger partial charge in [0.1, 0.15) is 4.24 Å². The van der Waals surface area contributed by atoms with E-state index in [0.29, 0.717) is 16.3 Å². The van der Waals surface area contributed by atoms with Crippen molar-refractivity contribution < 1.29 is 8.42 Å². The van der Waals surface area contributed by atoms with Crippen molar-refractivity contribution >= 4 is 50.3 Å². The second kappa shape index (κ2) is 15.8. The second-order valence-electron chi connectivity index (χ2n) is 7.77. The molecule has 2 N–H and O–H groups in total. The SMILES string of the molecule is C#CC.CCN(CC)CCCc1ccc(NS(=O)(=O)/C(SC)=C(\C)c2cccc(Cl)c2)cc1NC. The standard InChI is InChI=1S/C24H34ClN3O2S2.C3H4/c1-6-28(7-2)15-9-11-19-13-14-22(17-23(19)26-4)27-32(29,30)24(31-5)18(3)20-10-8-12-21(25)16-20;1-3-2/h8,10,12-14,16-17,26-27H,6-7,9,11,15H2,1-5H3;1H,2H3/b24-18+;. The minimum absolute atomic E-state index is 0.272. The maximum atomic E-state index is 13.2. The number of hydrogen-bond donors (Lipinski definition) is 2. The van der Waals surface area contributed by atoms with Gasteiger partial charge in [-0.15, -0.1) is 24.1 Å². The summed E-state index contributed by atoms with van der Waals surface area (Å²) in [6.45, 7) is 11.0. The van der Waals surface area contributed by atoms with E-state index in [1.54, 1.807) is 32.2 Å². The summed E-state index contributed by atoms with van der Waals surface area (Å²) in [6, 6.07) is 12.9. The predicted octanol–water partition coefficient (Wildman–Crippen LogP) is 6.79. The van der Waals surface area contributed by atoms with Crippen molar-refractivity contribution in [3.63, 3.8) is 0 Å². The molecule has 0 aliphatic heterocycles. The molecule has 8 heteroatoms. The van der Waals surface area contributed by atoms with Crippen LogP contribution in [0.4, 0.5) is 11.4 Å². The summed E-state index contributed by atoms with van der Waals surface area (Å²) in [5.41, 5.74) is 4.10. The van der Waals surface area contributed by atoms with Crippen LogP contribution in [-0.2, 0) is 16.4 Å². The third kappa shape index (κ3) is 9.81. The maximum absolute atomic E-state index is 13.2. The highest BCUT2D eigenvalue weighted by Crippen LogP contribution is 2.32. The number of rotatable bonds is 12. The molecule has 0 aliphatic carbocycles. The van der Waals surface area contributed by atoms with Crippen molar-refractivity contribution in [3.8, 4) is 12.3 Å². The van der Waals surface area contributed by atoms with Gasteiger partial charge in [0.25, 0.3) is 10.0 Å². The molecule has 35 heavy (non-hydrogen) atoms. The van der Waals surface area contributed by atoms with Gasteiger partial charge in [-0.2, -0.15) is 0 Å². The van der Waals surface area contributed by atoms with Crippen molar-refractivity contribution in [1.29, 1.82) is 0 Å². The lowest BCUT2D eigenvalue weighted by Crippen LogP contribution is -2.24. The van der Waals surface area contributed by atoms with Crippen molar-refractivity contribution in [3.05, 3.63) is 62.9 Å². The summed E-state index contributed by atoms with van der Waals surface area (Å²) >= 11 is 7.30. The number of aryl methyl sites for hydroxylation is 1. The number of thioether (sulfide) groups is 1. The number of allylic oxidation sites excluding steroid dienone is 1. The molecule has 0 aromatic heterocycles. The zero-order chi connectivity index (χ0) is 26.4. The predicted molar refractivity (Wildman–Crippen MR) is 157 cm³/mol. The van der Waals surface area contributed by atoms with E-state index in [4.69, 9.17) is 11.6 Å². The lowest BCUT2D eigenvalue weighted by Gasteiger charge is -2.19. The average molecular weight is 536 g/mol. The van der Waals surface area contributed by atoms with Crippen molar-refractivity contribution in [2.24, 2.45) is 0 Å². The Morgan fingerprint density at radius 2 is 1.83 bits per heavy atom. The maximum Gasteiger partial charge on any atom is 0.268 e. The van der Waals surface area contributed by atoms with Crippen LogP contribution in [0.15, 0.2) is 46.7 Å². The minimum Gasteiger partial charge on any atom is -0.388 e. The van der Waals surface area contributed by atoms with E-state index in [-0.39, 0.29) is 4.24 Å². The number of terminal acetylenes is 1. The summed E-state index contributed by atoms with van der Waals surface area (Å²) in [4.78, 5) is 2.40. The molecule has 0 unspecified atom stereocenters. The molecular weight excluding hydrogens is 498 g/mol. The third-order valence-electron chi connectivity index (χ3n) is 5.44. The highest BCUT2D eigenvalue weighted by atomic mass is 35.5. The van der Waals surface area contributed by atoms with Gasteiger partial charge in [-0.1, -0.05) is 43.6 Å². The lowest BCUT2D eigenvalue weighted by atomic mass is 10.1. The van der Waals surface area contributed by atoms with Crippen LogP contribution < -0.4 is 10.0 Å². The van der Waals surface area contributed by atoms with Crippen LogP contribution in [0, 0.1) is 12.3 Å². The molecule has 2 rings (SSSR count). The van der Waals surface area contributed by atoms with E-state index in [1.165, 1.54) is 17.3 Å². The Morgan fingerprint density at radius 1 is 1.17 bits per heavy atom. The molecule has 2 aromatic carbocycles. The minimum atomic E-state index is -3.74. The first-order valence-electron chi connectivity index (χ1n) is 11.6. The molecule has 0 saturated heterocycles. The summed E-state index contributed by atoms with van der Waals surface area (Å²) in [6.07, 6.45) is 8.35. The molecule has 0 heterocycles. The van der Waals surface area contributed by atoms with Crippen molar-refractivity contribution in [2.45, 2.75) is 40.5 Å². The van der Waals surface area contributed by atoms with Crippen LogP contribution in [0.5, 0.6) is 0 Å². The first-order valence-corrected chi connectivity index (χ1v) is 14.7. The third-order valence-corrected chi connectivity index (χ3v) is 8.81. The van der Waals surface area contributed by atoms with E-state index in [1.807, 2.05) is 37.4 Å². The van der Waals surface area contributed by atoms with Crippen molar-refractivity contribution in [1.82, 2.24) is 4.90 Å². The molecule has 5 nitrogen and oxygen atoms in total. The smallest absolute Gasteiger partial charge is 0.268 e. The van der Waals surface area contributed by atoms with Gasteiger partial charge in [0.15, 0.2) is 0 Å². The van der Waals surface area contributed by atoms with Crippen LogP contribution >= 0.6 is 23.4 Å². The number of nitrogens with one attached hydrogen (secondary N) is 2. The van der Waals surface area contributed by atoms with E-state index >= 15 is 0 Å². The molecule has 0 spiro atoms. The van der Waals surface area contributed by atoms with Crippen LogP contribution in [0.3, 0.4) is 0 Å². The van der Waals surface area contributed by atoms with E-state index in [2.05, 4.69) is 41.1 Å². The number of nitrogens with zero attached hydrogens (tertiary/aromatic N) is 1. The molecule has 2 aromatic rings. The Kier molecular flexibility index (Phi) is 14.0. The molecule has 192 valence electrons. The lowest BCUT2D eigenvalue weighted by molar-refractivity contribution is 0.300. The Labute approximate surface area is 221 Å². The number of anilines is 2. The highest BCUT2D eigenvalue weighted by molar-refractivity contribution is 8.19. The normalized spacial score (nSPS) is 11.7. The van der Waals surface area contributed by atoms with E-state index in [0.717, 1.165) is 43.7 Å². The molecule has 0 bridgehead atoms. The molecular formula is C27H38ClN3O2S2. The Hall–Kier alpha value is -2.11. The first kappa shape index (κ1) is 30.9. The topological polar surface area (TPSA) is 61.4 Å². The zero-order valence-corrected chi connectivity index (χ0v) is 24.0. The monoisotopic (exact) mass is 535 g/mol. The molecule has 0 fully saturated rings. The van der Waals surface area contributed by atoms with Gasteiger partial charge < -0.3 is 10.2 Å². The molecule has 0 saturated carbocycles. The fourth-order valence-corrected chi connectivity index (χ4v) is 6.30. The van der Waals surface area contributed by atoms with Crippen LogP contribution in [0.1, 0.15) is 45.2 Å². The number of hydrogen-bond acceptors (Lipinski definition) is 5. The second-order valence-corrected chi connectivity index (χ2v) is 10.9. The summed E-state index contributed by atoms with van der Waals surface area (Å²) in [5, 5.41) is 3.78. The summed E-state index contributed by atoms with van der Waals surface area (Å²) in [7, 11) is -1.88. The van der Waals surface area contributed by atoms with E-state index in [9.17, 15) is 8.42 Å². The van der Waals surface area contributed by atoms with Gasteiger partial charge in [0, 0.05) is 17.8 Å². The van der Waals surface area contributed by atoms with E-state index < -0.39 is 10.0 Å². The number of sulfonamides is 1. The molecule has 0 aliphatic rings. The quantitative estimate of drug-likeness (QED) is 0.293. The van der Waals surface area contributed by atoms with Crippen molar-refractivity contribution in [2.75, 3.05) is 43.0 Å². The largest absolute Gasteiger partial charge is 0.388 e. The highest BCUT2D eigenvalue weighted by Gasteiger charge is 2.21. The Bertz CT molecular complexity index is 1120. The van der Waals surface area contributed by atoms with Crippen LogP contribution in [-0.4, -0.2) is 46.3 Å². The molecule has 0 atom stereocenters. The number of halogens is 1. The average Bonchev–Trinajstić information content (AvgIpc) is 2.83. The summed E-state index contributed by atoms with van der Waals surface area (Å²) in [5.74, 6) is 2.25. The summed E-state index contributed by atoms with van der Waals surface area (Å²) < 4.78 is 29.4. The van der Waals surface area contributed by atoms with Gasteiger partial charge >= 0.3 is 0 Å². The van der Waals surface area contributed by atoms with Gasteiger partial charge in [0.2, 0.25) is 0 Å². The van der Waals surface area contributed by atoms with Crippen LogP contribution in [0.2, 0.25) is 5.02 Å². The fourth-order valence-electron chi connectivity index (χ4n) is 3.63. The van der Waals surface area contributed by atoms with Crippen LogP contribution in [0.25, 0.3) is 5.57 Å². The number of benzene rings is 2. The Morgan fingerprint density at radius 3 is 2.37 bits per heavy atom. The fraction of sp³-hybridized carbons (Fsp3) is 0.407. The molecule has 0 amide bonds. The van der Waals surface area contributed by atoms with Gasteiger partial charge in [0.05, 0.1) is 5.69 Å². The first-order chi connectivity index (χ1) is 16.7. The Balaban J connectivity index is 0.00000194. The van der Waals surface area contributed by atoms with Gasteiger partial charge in [-0.25, -0.2) is 8.42 Å². The zero-order valence-electron chi connectivity index (χ0n) is 21.6. The van der Waals surface area contributed by atoms with Gasteiger partial charge in [-0.05, 0) is 93.5 Å². The van der Waals surface area contributed by atoms with Gasteiger partial charge in [-0.3, -0.25) is 4.72 Å².